The number of allylic oxidation sites excluding steroid dienone is 2. The molecule has 1 amide bonds. The number of hydrogen-bond donors (Lipinski definition) is 5. The molecule has 0 aliphatic carbocycles. The van der Waals surface area contributed by atoms with Crippen LogP contribution in [0, 0.1) is 30.6 Å². The Balaban J connectivity index is 1.52. The second-order valence-electron chi connectivity index (χ2n) is 18.0. The number of aromatic hydroxyl groups is 2. The fourth-order valence-corrected chi connectivity index (χ4v) is 9.80. The quantitative estimate of drug-likeness (QED) is 0.108. The summed E-state index contributed by atoms with van der Waals surface area (Å²) in [6.45, 7) is 16.2. The van der Waals surface area contributed by atoms with Crippen LogP contribution in [0.1, 0.15) is 83.7 Å². The molecule has 1 unspecified atom stereocenters. The normalized spacial score (nSPS) is 32.1. The summed E-state index contributed by atoms with van der Waals surface area (Å²) in [5.74, 6) is -7.06. The molecule has 5 aliphatic heterocycles. The summed E-state index contributed by atoms with van der Waals surface area (Å²) < 4.78 is 29.8. The zero-order valence-corrected chi connectivity index (χ0v) is 40.5. The Kier molecular flexibility index (Phi) is 15.2. The maximum atomic E-state index is 14.8. The van der Waals surface area contributed by atoms with Gasteiger partial charge in [0.15, 0.2) is 11.4 Å². The minimum Gasteiger partial charge on any atom is -0.507 e. The lowest BCUT2D eigenvalue weighted by molar-refractivity contribution is -0.164. The fourth-order valence-electron chi connectivity index (χ4n) is 9.24. The number of Topliss-reactive ketones (excluding diaryl/α,β-unsaturated/α-hetero) is 1. The number of anilines is 1. The molecule has 0 radical (unpaired) electrons. The largest absolute Gasteiger partial charge is 0.507 e. The molecular formula is C47H63IN4O12. The molecule has 5 bridgehead atoms. The number of phenols is 2. The summed E-state index contributed by atoms with van der Waals surface area (Å²) in [5.41, 5.74) is -0.608. The van der Waals surface area contributed by atoms with E-state index >= 15 is 0 Å². The van der Waals surface area contributed by atoms with Crippen LogP contribution in [0.2, 0.25) is 0 Å². The van der Waals surface area contributed by atoms with E-state index in [9.17, 15) is 34.8 Å². The number of phenolic OH excluding ortho intramolecular Hbond substituents is 2. The number of nitrogens with zero attached hydrogens (tertiary/aromatic N) is 3. The molecule has 1 saturated heterocycles. The zero-order chi connectivity index (χ0) is 47.0. The number of rotatable bonds is 7. The first-order valence-electron chi connectivity index (χ1n) is 21.9. The van der Waals surface area contributed by atoms with Gasteiger partial charge in [-0.25, -0.2) is 0 Å². The van der Waals surface area contributed by atoms with Gasteiger partial charge in [0, 0.05) is 97.7 Å². The van der Waals surface area contributed by atoms with E-state index in [2.05, 4.69) is 39.7 Å². The molecule has 0 saturated carbocycles. The van der Waals surface area contributed by atoms with Gasteiger partial charge in [0.25, 0.3) is 11.7 Å². The van der Waals surface area contributed by atoms with E-state index in [0.717, 1.165) is 6.54 Å². The molecule has 2 aromatic carbocycles. The number of hydrogen-bond acceptors (Lipinski definition) is 15. The van der Waals surface area contributed by atoms with Crippen molar-refractivity contribution in [1.29, 1.82) is 0 Å². The number of esters is 1. The third-order valence-corrected chi connectivity index (χ3v) is 13.6. The number of carbonyl (C=O) groups excluding carboxylic acids is 3. The molecule has 5 heterocycles. The minimum atomic E-state index is -1.98. The van der Waals surface area contributed by atoms with Gasteiger partial charge < -0.3 is 54.3 Å². The number of methoxy groups -OCH3 is 2. The van der Waals surface area contributed by atoms with Crippen molar-refractivity contribution in [3.05, 3.63) is 58.0 Å². The van der Waals surface area contributed by atoms with Gasteiger partial charge in [0.05, 0.1) is 53.9 Å². The van der Waals surface area contributed by atoms with Gasteiger partial charge in [-0.3, -0.25) is 24.4 Å². The first-order valence-corrected chi connectivity index (χ1v) is 23.2. The third-order valence-electron chi connectivity index (χ3n) is 13.3. The average molecular weight is 1000 g/mol. The molecule has 2 aromatic rings. The highest BCUT2D eigenvalue weighted by atomic mass is 127. The monoisotopic (exact) mass is 1000 g/mol. The zero-order valence-electron chi connectivity index (χ0n) is 38.3. The predicted octanol–water partition coefficient (Wildman–Crippen LogP) is 4.93. The van der Waals surface area contributed by atoms with Crippen molar-refractivity contribution in [2.45, 2.75) is 114 Å². The molecule has 0 aromatic heterocycles. The second kappa shape index (κ2) is 19.8. The highest BCUT2D eigenvalue weighted by Crippen LogP contribution is 2.50. The van der Waals surface area contributed by atoms with Crippen molar-refractivity contribution in [2.24, 2.45) is 33.7 Å². The average Bonchev–Trinajstić information content (AvgIpc) is 3.76. The maximum absolute atomic E-state index is 14.8. The van der Waals surface area contributed by atoms with Crippen molar-refractivity contribution in [3.63, 3.8) is 0 Å². The van der Waals surface area contributed by atoms with E-state index in [4.69, 9.17) is 33.7 Å². The molecular weight excluding hydrogens is 939 g/mol. The van der Waals surface area contributed by atoms with Crippen LogP contribution < -0.4 is 20.8 Å². The van der Waals surface area contributed by atoms with Gasteiger partial charge in [-0.05, 0) is 19.9 Å². The maximum Gasteiger partial charge on any atom is 0.312 e. The number of ketones is 1. The predicted molar refractivity (Wildman–Crippen MR) is 247 cm³/mol. The Morgan fingerprint density at radius 3 is 2.30 bits per heavy atom. The lowest BCUT2D eigenvalue weighted by Crippen LogP contribution is -2.46. The van der Waals surface area contributed by atoms with Crippen LogP contribution in [-0.4, -0.2) is 123 Å². The Hall–Kier alpha value is -4.14. The van der Waals surface area contributed by atoms with E-state index in [1.165, 1.54) is 27.4 Å². The number of aliphatic hydroxyl groups excluding tert-OH is 2. The summed E-state index contributed by atoms with van der Waals surface area (Å²) in [5, 5.41) is 50.5. The fraction of sp³-hybridized carbons (Fsp3) is 0.596. The van der Waals surface area contributed by atoms with E-state index in [0.29, 0.717) is 29.9 Å². The molecule has 1 fully saturated rings. The van der Waals surface area contributed by atoms with Gasteiger partial charge in [0.1, 0.15) is 28.6 Å². The Morgan fingerprint density at radius 2 is 1.66 bits per heavy atom. The smallest absolute Gasteiger partial charge is 0.312 e. The number of carbonyl (C=O) groups is 3. The van der Waals surface area contributed by atoms with E-state index in [1.54, 1.807) is 65.8 Å². The van der Waals surface area contributed by atoms with Crippen LogP contribution in [-0.2, 0) is 28.5 Å². The van der Waals surface area contributed by atoms with Crippen LogP contribution in [0.3, 0.4) is 0 Å². The second-order valence-corrected chi connectivity index (χ2v) is 20.1. The van der Waals surface area contributed by atoms with Crippen LogP contribution in [0.25, 0.3) is 10.8 Å². The van der Waals surface area contributed by atoms with Crippen LogP contribution in [0.15, 0.2) is 46.1 Å². The van der Waals surface area contributed by atoms with Crippen LogP contribution in [0.4, 0.5) is 5.69 Å². The summed E-state index contributed by atoms with van der Waals surface area (Å²) in [7, 11) is 2.94. The number of alkyl halides is 1. The summed E-state index contributed by atoms with van der Waals surface area (Å²) in [6, 6.07) is 0. The number of likely N-dealkylation sites (tertiary alicyclic amines) is 1. The third kappa shape index (κ3) is 9.56. The van der Waals surface area contributed by atoms with Gasteiger partial charge in [-0.2, -0.15) is 0 Å². The highest BCUT2D eigenvalue weighted by molar-refractivity contribution is 14.1. The van der Waals surface area contributed by atoms with Crippen molar-refractivity contribution in [3.8, 4) is 17.2 Å². The van der Waals surface area contributed by atoms with E-state index in [-0.39, 0.29) is 68.4 Å². The number of aliphatic hydroxyl groups is 2. The van der Waals surface area contributed by atoms with E-state index in [1.807, 2.05) is 0 Å². The molecule has 64 heavy (non-hydrogen) atoms. The number of benzene rings is 2. The molecule has 10 atom stereocenters. The summed E-state index contributed by atoms with van der Waals surface area (Å²) in [4.78, 5) is 54.5. The molecule has 5 N–H and O–H groups in total. The number of fused-ring (bicyclic) bond motifs is 13. The lowest BCUT2D eigenvalue weighted by atomic mass is 9.78. The van der Waals surface area contributed by atoms with Crippen LogP contribution >= 0.6 is 22.6 Å². The number of ether oxygens (including phenoxy) is 5. The van der Waals surface area contributed by atoms with Crippen molar-refractivity contribution >= 4 is 56.7 Å². The van der Waals surface area contributed by atoms with Crippen molar-refractivity contribution in [1.82, 2.24) is 4.90 Å². The summed E-state index contributed by atoms with van der Waals surface area (Å²) >= 11 is 2.40. The van der Waals surface area contributed by atoms with Crippen molar-refractivity contribution < 1.29 is 58.5 Å². The van der Waals surface area contributed by atoms with E-state index < -0.39 is 82.9 Å². The Labute approximate surface area is 387 Å². The molecule has 1 spiro atoms. The SMILES string of the molecule is COCCC(=O)O[C@H]1[C@H](C)[C@H](O)[C@H](C)[C@@H](O)[C@@H](C)/C=C/C=C(/C)C(=O)Nc2c(O)c3c(O)c(C)c4c(c3c3c2=NC2(CCN(CC(C)I)CC2)N=3)C(=O)[C@@](C)(O/C=C/[C@H](OC)[C@H]1C)O4. The number of piperidine rings is 1. The van der Waals surface area contributed by atoms with Crippen molar-refractivity contribution in [2.75, 3.05) is 45.8 Å². The first-order chi connectivity index (χ1) is 30.2. The molecule has 16 nitrogen and oxygen atoms in total. The first kappa shape index (κ1) is 49.3. The highest BCUT2D eigenvalue weighted by Gasteiger charge is 2.50. The Morgan fingerprint density at radius 1 is 0.984 bits per heavy atom. The lowest BCUT2D eigenvalue weighted by Gasteiger charge is -2.38. The molecule has 7 rings (SSSR count). The van der Waals surface area contributed by atoms with Gasteiger partial charge >= 0.3 is 11.8 Å². The molecule has 350 valence electrons. The number of nitrogens with one attached hydrogen (secondary N) is 1. The van der Waals surface area contributed by atoms with Gasteiger partial charge in [-0.15, -0.1) is 0 Å². The van der Waals surface area contributed by atoms with Crippen LogP contribution in [0.5, 0.6) is 17.2 Å². The number of halogens is 1. The standard InChI is InChI=1S/C47H63IN4O12/c1-23-12-11-13-24(2)45(59)49-37-36-35(50-47(51-36)16-18-52(19-17-47)22-25(3)48)32-33(41(37)57)40(56)29(7)43-34(32)44(58)46(8,64-43)62-21-14-30(61-10)26(4)42(63-31(53)15-20-60-9)28(6)39(55)27(5)38(23)54/h11-14,21,23,25-28,30,38-39,42,54-57H,15-20,22H2,1-10H3,(H,49,59)/b12-11+,21-14+,24-13-/t23-,25?,26+,27+,28+,30-,38-,39+,42+,46-/m0/s1. The summed E-state index contributed by atoms with van der Waals surface area (Å²) in [6.07, 6.45) is 4.84. The van der Waals surface area contributed by atoms with Gasteiger partial charge in [0.2, 0.25) is 0 Å². The van der Waals surface area contributed by atoms with Gasteiger partial charge in [-0.1, -0.05) is 75.4 Å². The Bertz CT molecular complexity index is 2360. The molecule has 5 aliphatic rings. The topological polar surface area (TPSA) is 218 Å². The number of amides is 1. The molecule has 17 heteroatoms. The minimum absolute atomic E-state index is 0.0291.